The molecule has 2 heterocycles. The number of ether oxygens (including phenoxy) is 2. The molecule has 1 aromatic heterocycles. The number of sulfonamides is 1. The topological polar surface area (TPSA) is 84.5 Å². The summed E-state index contributed by atoms with van der Waals surface area (Å²) in [5.41, 5.74) is 1.71. The van der Waals surface area contributed by atoms with Gasteiger partial charge in [0, 0.05) is 14.2 Å². The lowest BCUT2D eigenvalue weighted by molar-refractivity contribution is 0.0825. The number of aromatic nitrogens is 2. The van der Waals surface area contributed by atoms with Gasteiger partial charge in [-0.3, -0.25) is 0 Å². The number of nitrogens with zero attached hydrogens (tertiary/aromatic N) is 2. The fourth-order valence-electron chi connectivity index (χ4n) is 2.63. The summed E-state index contributed by atoms with van der Waals surface area (Å²) < 4.78 is 37.0. The number of imidazole rings is 1. The number of benzene rings is 1. The van der Waals surface area contributed by atoms with E-state index in [0.717, 1.165) is 11.0 Å². The van der Waals surface area contributed by atoms with E-state index in [2.05, 4.69) is 9.97 Å². The van der Waals surface area contributed by atoms with E-state index in [9.17, 15) is 8.42 Å². The van der Waals surface area contributed by atoms with Crippen LogP contribution in [0, 0.1) is 0 Å². The highest BCUT2D eigenvalue weighted by molar-refractivity contribution is 7.89. The van der Waals surface area contributed by atoms with Crippen LogP contribution >= 0.6 is 0 Å². The van der Waals surface area contributed by atoms with Crippen molar-refractivity contribution in [3.63, 3.8) is 0 Å². The third kappa shape index (κ3) is 2.74. The Kier molecular flexibility index (Phi) is 4.18. The summed E-state index contributed by atoms with van der Waals surface area (Å²) in [5, 5.41) is -0.674. The molecule has 0 bridgehead atoms. The standard InChI is InChI=1S/C14H19N3O4S/c1-17(22(18,19)13-9-21-8-12(13)20-2)7-14-15-10-5-3-4-6-11(10)16-14/h3-6,12-13H,7-9H2,1-2H3,(H,15,16). The highest BCUT2D eigenvalue weighted by Crippen LogP contribution is 2.21. The van der Waals surface area contributed by atoms with Crippen molar-refractivity contribution < 1.29 is 17.9 Å². The molecule has 1 saturated heterocycles. The molecule has 1 aliphatic heterocycles. The third-order valence-corrected chi connectivity index (χ3v) is 6.11. The van der Waals surface area contributed by atoms with Gasteiger partial charge in [-0.1, -0.05) is 12.1 Å². The van der Waals surface area contributed by atoms with Crippen LogP contribution in [-0.2, 0) is 26.0 Å². The van der Waals surface area contributed by atoms with Crippen LogP contribution < -0.4 is 0 Å². The van der Waals surface area contributed by atoms with Gasteiger partial charge in [0.25, 0.3) is 0 Å². The predicted molar refractivity (Wildman–Crippen MR) is 81.9 cm³/mol. The van der Waals surface area contributed by atoms with Gasteiger partial charge in [-0.15, -0.1) is 0 Å². The highest BCUT2D eigenvalue weighted by Gasteiger charge is 2.41. The molecule has 7 nitrogen and oxygen atoms in total. The number of hydrogen-bond acceptors (Lipinski definition) is 5. The maximum atomic E-state index is 12.6. The summed E-state index contributed by atoms with van der Waals surface area (Å²) in [4.78, 5) is 7.54. The van der Waals surface area contributed by atoms with Crippen LogP contribution in [0.25, 0.3) is 11.0 Å². The van der Waals surface area contributed by atoms with Gasteiger partial charge in [-0.25, -0.2) is 13.4 Å². The molecular formula is C14H19N3O4S. The van der Waals surface area contributed by atoms with E-state index >= 15 is 0 Å². The minimum absolute atomic E-state index is 0.158. The minimum atomic E-state index is -3.51. The molecule has 22 heavy (non-hydrogen) atoms. The Morgan fingerprint density at radius 3 is 2.91 bits per heavy atom. The molecule has 3 rings (SSSR count). The largest absolute Gasteiger partial charge is 0.378 e. The number of hydrogen-bond donors (Lipinski definition) is 1. The van der Waals surface area contributed by atoms with Crippen molar-refractivity contribution in [1.29, 1.82) is 0 Å². The average Bonchev–Trinajstić information content (AvgIpc) is 3.12. The van der Waals surface area contributed by atoms with Gasteiger partial charge in [0.05, 0.1) is 30.8 Å². The van der Waals surface area contributed by atoms with Gasteiger partial charge in [0.1, 0.15) is 17.2 Å². The van der Waals surface area contributed by atoms with Crippen molar-refractivity contribution in [3.8, 4) is 0 Å². The fourth-order valence-corrected chi connectivity index (χ4v) is 4.23. The monoisotopic (exact) mass is 325 g/mol. The van der Waals surface area contributed by atoms with Crippen molar-refractivity contribution in [2.45, 2.75) is 17.9 Å². The Hall–Kier alpha value is -1.48. The number of para-hydroxylation sites is 2. The van der Waals surface area contributed by atoms with Gasteiger partial charge in [-0.05, 0) is 12.1 Å². The molecule has 1 aliphatic rings. The second-order valence-corrected chi connectivity index (χ2v) is 7.61. The highest BCUT2D eigenvalue weighted by atomic mass is 32.2. The lowest BCUT2D eigenvalue weighted by Crippen LogP contribution is -2.42. The van der Waals surface area contributed by atoms with Gasteiger partial charge >= 0.3 is 0 Å². The molecule has 1 N–H and O–H groups in total. The Labute approximate surface area is 129 Å². The van der Waals surface area contributed by atoms with Crippen LogP contribution in [0.4, 0.5) is 0 Å². The van der Waals surface area contributed by atoms with Crippen LogP contribution in [-0.4, -0.2) is 61.4 Å². The van der Waals surface area contributed by atoms with Crippen molar-refractivity contribution in [2.24, 2.45) is 0 Å². The van der Waals surface area contributed by atoms with Crippen molar-refractivity contribution in [1.82, 2.24) is 14.3 Å². The lowest BCUT2D eigenvalue weighted by atomic mass is 10.3. The molecule has 0 spiro atoms. The first-order valence-electron chi connectivity index (χ1n) is 7.01. The summed E-state index contributed by atoms with van der Waals surface area (Å²) in [6, 6.07) is 7.60. The van der Waals surface area contributed by atoms with E-state index < -0.39 is 21.4 Å². The van der Waals surface area contributed by atoms with Crippen LogP contribution in [0.3, 0.4) is 0 Å². The Bertz CT molecular complexity index is 725. The zero-order valence-corrected chi connectivity index (χ0v) is 13.3. The van der Waals surface area contributed by atoms with E-state index in [1.807, 2.05) is 24.3 Å². The average molecular weight is 325 g/mol. The molecule has 0 amide bonds. The van der Waals surface area contributed by atoms with E-state index in [4.69, 9.17) is 9.47 Å². The summed E-state index contributed by atoms with van der Waals surface area (Å²) in [7, 11) is -0.462. The van der Waals surface area contributed by atoms with Crippen LogP contribution in [0.5, 0.6) is 0 Å². The number of fused-ring (bicyclic) bond motifs is 1. The number of rotatable bonds is 5. The summed E-state index contributed by atoms with van der Waals surface area (Å²) in [6.45, 7) is 0.647. The van der Waals surface area contributed by atoms with Gasteiger partial charge < -0.3 is 14.5 Å². The molecule has 120 valence electrons. The zero-order valence-electron chi connectivity index (χ0n) is 12.5. The summed E-state index contributed by atoms with van der Waals surface area (Å²) in [5.74, 6) is 0.611. The molecule has 2 unspecified atom stereocenters. The maximum absolute atomic E-state index is 12.6. The normalized spacial score (nSPS) is 22.7. The number of nitrogens with one attached hydrogen (secondary N) is 1. The van der Waals surface area contributed by atoms with Gasteiger partial charge in [0.2, 0.25) is 10.0 Å². The van der Waals surface area contributed by atoms with Crippen LogP contribution in [0.1, 0.15) is 5.82 Å². The van der Waals surface area contributed by atoms with Crippen LogP contribution in [0.15, 0.2) is 24.3 Å². The SMILES string of the molecule is COC1COCC1S(=O)(=O)N(C)Cc1nc2ccccc2[nH]1. The summed E-state index contributed by atoms with van der Waals surface area (Å²) in [6.07, 6.45) is -0.428. The minimum Gasteiger partial charge on any atom is -0.378 e. The molecule has 1 fully saturated rings. The van der Waals surface area contributed by atoms with Gasteiger partial charge in [-0.2, -0.15) is 4.31 Å². The van der Waals surface area contributed by atoms with E-state index in [0.29, 0.717) is 12.4 Å². The lowest BCUT2D eigenvalue weighted by Gasteiger charge is -2.23. The first-order valence-corrected chi connectivity index (χ1v) is 8.52. The molecule has 0 radical (unpaired) electrons. The van der Waals surface area contributed by atoms with Crippen molar-refractivity contribution in [2.75, 3.05) is 27.4 Å². The molecule has 2 atom stereocenters. The Morgan fingerprint density at radius 2 is 2.18 bits per heavy atom. The number of H-pyrrole nitrogens is 1. The number of methoxy groups -OCH3 is 1. The van der Waals surface area contributed by atoms with E-state index in [1.54, 1.807) is 7.05 Å². The van der Waals surface area contributed by atoms with Gasteiger partial charge in [0.15, 0.2) is 0 Å². The predicted octanol–water partition coefficient (Wildman–Crippen LogP) is 0.738. The summed E-state index contributed by atoms with van der Waals surface area (Å²) >= 11 is 0. The molecule has 0 aliphatic carbocycles. The number of aromatic amines is 1. The first kappa shape index (κ1) is 15.4. The van der Waals surface area contributed by atoms with Crippen molar-refractivity contribution >= 4 is 21.1 Å². The Morgan fingerprint density at radius 1 is 1.41 bits per heavy atom. The van der Waals surface area contributed by atoms with E-state index in [-0.39, 0.29) is 13.2 Å². The second-order valence-electron chi connectivity index (χ2n) is 5.35. The molecular weight excluding hydrogens is 306 g/mol. The molecule has 0 saturated carbocycles. The molecule has 2 aromatic rings. The quantitative estimate of drug-likeness (QED) is 0.876. The fraction of sp³-hybridized carbons (Fsp3) is 0.500. The van der Waals surface area contributed by atoms with Crippen LogP contribution in [0.2, 0.25) is 0 Å². The molecule has 1 aromatic carbocycles. The smallest absolute Gasteiger partial charge is 0.222 e. The maximum Gasteiger partial charge on any atom is 0.222 e. The molecule has 8 heteroatoms. The zero-order chi connectivity index (χ0) is 15.7. The third-order valence-electron chi connectivity index (χ3n) is 3.91. The van der Waals surface area contributed by atoms with E-state index in [1.165, 1.54) is 11.4 Å². The first-order chi connectivity index (χ1) is 10.5. The second kappa shape index (κ2) is 5.96. The Balaban J connectivity index is 1.79. The van der Waals surface area contributed by atoms with Crippen molar-refractivity contribution in [3.05, 3.63) is 30.1 Å².